The van der Waals surface area contributed by atoms with Gasteiger partial charge in [-0.25, -0.2) is 0 Å². The van der Waals surface area contributed by atoms with Crippen molar-refractivity contribution in [3.05, 3.63) is 70.8 Å². The van der Waals surface area contributed by atoms with Crippen LogP contribution in [0, 0.1) is 11.3 Å². The number of carbonyl (C=O) groups excluding carboxylic acids is 1. The maximum Gasteiger partial charge on any atom is 0.250 e. The van der Waals surface area contributed by atoms with Gasteiger partial charge in [-0.05, 0) is 43.3 Å². The highest BCUT2D eigenvalue weighted by molar-refractivity contribution is 9.10. The zero-order chi connectivity index (χ0) is 18.7. The predicted octanol–water partition coefficient (Wildman–Crippen LogP) is 5.13. The van der Waals surface area contributed by atoms with E-state index in [2.05, 4.69) is 44.2 Å². The Morgan fingerprint density at radius 3 is 2.73 bits per heavy atom. The third-order valence-electron chi connectivity index (χ3n) is 3.73. The number of nitriles is 1. The van der Waals surface area contributed by atoms with Crippen molar-refractivity contribution in [2.45, 2.75) is 6.92 Å². The second kappa shape index (κ2) is 7.38. The van der Waals surface area contributed by atoms with Crippen molar-refractivity contribution in [3.63, 3.8) is 0 Å². The SMILES string of the molecule is C=C(C)C(=O)Nc1ccc2ncc(C#N)c(Nc3cccc(Br)c3)c2c1. The summed E-state index contributed by atoms with van der Waals surface area (Å²) in [6.07, 6.45) is 1.54. The van der Waals surface area contributed by atoms with Gasteiger partial charge in [0.05, 0.1) is 16.8 Å². The van der Waals surface area contributed by atoms with Crippen LogP contribution in [0.2, 0.25) is 0 Å². The Morgan fingerprint density at radius 1 is 1.23 bits per heavy atom. The number of nitrogens with one attached hydrogen (secondary N) is 2. The first-order valence-electron chi connectivity index (χ1n) is 7.80. The molecule has 0 radical (unpaired) electrons. The zero-order valence-electron chi connectivity index (χ0n) is 14.0. The highest BCUT2D eigenvalue weighted by Gasteiger charge is 2.11. The van der Waals surface area contributed by atoms with E-state index in [0.717, 1.165) is 21.1 Å². The molecule has 0 aliphatic rings. The van der Waals surface area contributed by atoms with E-state index in [0.29, 0.717) is 22.5 Å². The van der Waals surface area contributed by atoms with Gasteiger partial charge < -0.3 is 10.6 Å². The predicted molar refractivity (Wildman–Crippen MR) is 107 cm³/mol. The van der Waals surface area contributed by atoms with Crippen LogP contribution in [0.3, 0.4) is 0 Å². The van der Waals surface area contributed by atoms with Crippen molar-refractivity contribution < 1.29 is 4.79 Å². The molecule has 128 valence electrons. The Bertz CT molecular complexity index is 1070. The van der Waals surface area contributed by atoms with Gasteiger partial charge in [0, 0.05) is 33.0 Å². The van der Waals surface area contributed by atoms with E-state index in [9.17, 15) is 10.1 Å². The van der Waals surface area contributed by atoms with Crippen molar-refractivity contribution in [1.29, 1.82) is 5.26 Å². The maximum absolute atomic E-state index is 11.9. The molecule has 0 aliphatic carbocycles. The number of amides is 1. The molecule has 2 N–H and O–H groups in total. The summed E-state index contributed by atoms with van der Waals surface area (Å²) in [6, 6.07) is 15.2. The van der Waals surface area contributed by atoms with Crippen LogP contribution in [0.25, 0.3) is 10.9 Å². The van der Waals surface area contributed by atoms with Gasteiger partial charge in [0.2, 0.25) is 0 Å². The quantitative estimate of drug-likeness (QED) is 0.588. The van der Waals surface area contributed by atoms with Crippen LogP contribution >= 0.6 is 15.9 Å². The summed E-state index contributed by atoms with van der Waals surface area (Å²) in [7, 11) is 0. The van der Waals surface area contributed by atoms with Crippen LogP contribution in [-0.2, 0) is 4.79 Å². The van der Waals surface area contributed by atoms with Gasteiger partial charge in [-0.2, -0.15) is 5.26 Å². The molecule has 26 heavy (non-hydrogen) atoms. The molecule has 0 aliphatic heterocycles. The Kier molecular flexibility index (Phi) is 5.01. The zero-order valence-corrected chi connectivity index (χ0v) is 15.6. The molecule has 1 heterocycles. The van der Waals surface area contributed by atoms with E-state index in [1.54, 1.807) is 25.1 Å². The molecule has 0 unspecified atom stereocenters. The molecule has 0 fully saturated rings. The van der Waals surface area contributed by atoms with E-state index in [1.807, 2.05) is 24.3 Å². The summed E-state index contributed by atoms with van der Waals surface area (Å²) in [5.41, 5.74) is 3.64. The lowest BCUT2D eigenvalue weighted by atomic mass is 10.1. The third-order valence-corrected chi connectivity index (χ3v) is 4.22. The topological polar surface area (TPSA) is 77.8 Å². The lowest BCUT2D eigenvalue weighted by molar-refractivity contribution is -0.112. The van der Waals surface area contributed by atoms with Crippen LogP contribution in [-0.4, -0.2) is 10.9 Å². The molecule has 1 amide bonds. The van der Waals surface area contributed by atoms with E-state index in [4.69, 9.17) is 0 Å². The number of pyridine rings is 1. The fourth-order valence-corrected chi connectivity index (χ4v) is 2.84. The van der Waals surface area contributed by atoms with Gasteiger partial charge in [-0.15, -0.1) is 0 Å². The molecular formula is C20H15BrN4O. The Balaban J connectivity index is 2.10. The fourth-order valence-electron chi connectivity index (χ4n) is 2.44. The summed E-state index contributed by atoms with van der Waals surface area (Å²) < 4.78 is 0.925. The van der Waals surface area contributed by atoms with E-state index in [-0.39, 0.29) is 5.91 Å². The second-order valence-electron chi connectivity index (χ2n) is 5.76. The van der Waals surface area contributed by atoms with Gasteiger partial charge in [0.1, 0.15) is 6.07 Å². The lowest BCUT2D eigenvalue weighted by Crippen LogP contribution is -2.11. The Morgan fingerprint density at radius 2 is 2.04 bits per heavy atom. The number of halogens is 1. The molecule has 3 rings (SSSR count). The standard InChI is InChI=1S/C20H15BrN4O/c1-12(2)20(26)25-16-6-7-18-17(9-16)19(13(10-22)11-23-18)24-15-5-3-4-14(21)8-15/h3-9,11H,1H2,2H3,(H,23,24)(H,25,26). The molecule has 0 atom stereocenters. The molecule has 2 aromatic carbocycles. The first-order chi connectivity index (χ1) is 12.5. The monoisotopic (exact) mass is 406 g/mol. The number of hydrogen-bond donors (Lipinski definition) is 2. The normalized spacial score (nSPS) is 10.2. The number of aromatic nitrogens is 1. The molecule has 0 spiro atoms. The molecule has 0 saturated heterocycles. The smallest absolute Gasteiger partial charge is 0.250 e. The summed E-state index contributed by atoms with van der Waals surface area (Å²) in [4.78, 5) is 16.2. The minimum Gasteiger partial charge on any atom is -0.354 e. The highest BCUT2D eigenvalue weighted by Crippen LogP contribution is 2.31. The number of carbonyl (C=O) groups is 1. The first kappa shape index (κ1) is 17.6. The Hall–Kier alpha value is -3.17. The molecule has 6 heteroatoms. The molecule has 0 saturated carbocycles. The number of fused-ring (bicyclic) bond motifs is 1. The van der Waals surface area contributed by atoms with Gasteiger partial charge >= 0.3 is 0 Å². The van der Waals surface area contributed by atoms with Gasteiger partial charge in [0.15, 0.2) is 0 Å². The number of rotatable bonds is 4. The Labute approximate surface area is 159 Å². The summed E-state index contributed by atoms with van der Waals surface area (Å²) in [5.74, 6) is -0.254. The van der Waals surface area contributed by atoms with Crippen molar-refractivity contribution >= 4 is 49.8 Å². The average Bonchev–Trinajstić information content (AvgIpc) is 2.62. The van der Waals surface area contributed by atoms with Gasteiger partial charge in [-0.1, -0.05) is 28.6 Å². The summed E-state index contributed by atoms with van der Waals surface area (Å²) in [5, 5.41) is 16.3. The molecule has 0 bridgehead atoms. The third kappa shape index (κ3) is 3.73. The van der Waals surface area contributed by atoms with Crippen LogP contribution in [0.4, 0.5) is 17.1 Å². The highest BCUT2D eigenvalue weighted by atomic mass is 79.9. The summed E-state index contributed by atoms with van der Waals surface area (Å²) in [6.45, 7) is 5.28. The first-order valence-corrected chi connectivity index (χ1v) is 8.59. The second-order valence-corrected chi connectivity index (χ2v) is 6.68. The van der Waals surface area contributed by atoms with E-state index >= 15 is 0 Å². The van der Waals surface area contributed by atoms with Crippen LogP contribution in [0.5, 0.6) is 0 Å². The van der Waals surface area contributed by atoms with Gasteiger partial charge in [-0.3, -0.25) is 9.78 Å². The van der Waals surface area contributed by atoms with Crippen molar-refractivity contribution in [1.82, 2.24) is 4.98 Å². The van der Waals surface area contributed by atoms with E-state index < -0.39 is 0 Å². The van der Waals surface area contributed by atoms with Gasteiger partial charge in [0.25, 0.3) is 5.91 Å². The number of hydrogen-bond acceptors (Lipinski definition) is 4. The van der Waals surface area contributed by atoms with Crippen molar-refractivity contribution in [3.8, 4) is 6.07 Å². The minimum atomic E-state index is -0.254. The maximum atomic E-state index is 11.9. The number of benzene rings is 2. The number of nitrogens with zero attached hydrogens (tertiary/aromatic N) is 2. The number of anilines is 3. The molecule has 3 aromatic rings. The van der Waals surface area contributed by atoms with E-state index in [1.165, 1.54) is 6.20 Å². The fraction of sp³-hybridized carbons (Fsp3) is 0.0500. The van der Waals surface area contributed by atoms with Crippen molar-refractivity contribution in [2.75, 3.05) is 10.6 Å². The van der Waals surface area contributed by atoms with Crippen molar-refractivity contribution in [2.24, 2.45) is 0 Å². The summed E-state index contributed by atoms with van der Waals surface area (Å²) >= 11 is 3.44. The van der Waals surface area contributed by atoms with Crippen LogP contribution < -0.4 is 10.6 Å². The lowest BCUT2D eigenvalue weighted by Gasteiger charge is -2.13. The van der Waals surface area contributed by atoms with Crippen LogP contribution in [0.1, 0.15) is 12.5 Å². The average molecular weight is 407 g/mol. The minimum absolute atomic E-state index is 0.254. The molecular weight excluding hydrogens is 392 g/mol. The largest absolute Gasteiger partial charge is 0.354 e. The molecule has 1 aromatic heterocycles. The molecule has 5 nitrogen and oxygen atoms in total. The van der Waals surface area contributed by atoms with Crippen LogP contribution in [0.15, 0.2) is 65.3 Å².